The summed E-state index contributed by atoms with van der Waals surface area (Å²) >= 11 is 0. The van der Waals surface area contributed by atoms with Gasteiger partial charge in [-0.2, -0.15) is 0 Å². The first-order valence-electron chi connectivity index (χ1n) is 7.36. The van der Waals surface area contributed by atoms with Gasteiger partial charge in [0.25, 0.3) is 0 Å². The van der Waals surface area contributed by atoms with Crippen molar-refractivity contribution < 1.29 is 4.39 Å². The number of benzene rings is 1. The Morgan fingerprint density at radius 1 is 1.32 bits per heavy atom. The molecule has 2 nitrogen and oxygen atoms in total. The van der Waals surface area contributed by atoms with Crippen LogP contribution in [0.4, 0.5) is 10.1 Å². The molecule has 1 aromatic carbocycles. The van der Waals surface area contributed by atoms with Gasteiger partial charge in [-0.25, -0.2) is 4.39 Å². The molecular formula is C16H25FN2. The molecule has 1 saturated carbocycles. The summed E-state index contributed by atoms with van der Waals surface area (Å²) in [7, 11) is 0. The van der Waals surface area contributed by atoms with Crippen LogP contribution in [0.2, 0.25) is 0 Å². The van der Waals surface area contributed by atoms with Crippen LogP contribution in [0.15, 0.2) is 18.2 Å². The minimum absolute atomic E-state index is 0.132. The predicted octanol–water partition coefficient (Wildman–Crippen LogP) is 3.56. The highest BCUT2D eigenvalue weighted by atomic mass is 19.1. The molecule has 1 aliphatic carbocycles. The normalized spacial score (nSPS) is 15.0. The SMILES string of the molecule is CCN(CC(C)C)c1cc(F)cc(CNC2CC2)c1. The van der Waals surface area contributed by atoms with Gasteiger partial charge >= 0.3 is 0 Å². The lowest BCUT2D eigenvalue weighted by Gasteiger charge is -2.25. The van der Waals surface area contributed by atoms with Gasteiger partial charge in [0, 0.05) is 31.4 Å². The van der Waals surface area contributed by atoms with Gasteiger partial charge in [0.15, 0.2) is 0 Å². The second-order valence-corrected chi connectivity index (χ2v) is 5.91. The monoisotopic (exact) mass is 264 g/mol. The molecule has 0 atom stereocenters. The van der Waals surface area contributed by atoms with Crippen molar-refractivity contribution in [3.05, 3.63) is 29.6 Å². The van der Waals surface area contributed by atoms with E-state index in [2.05, 4.69) is 37.1 Å². The van der Waals surface area contributed by atoms with Gasteiger partial charge in [-0.05, 0) is 49.4 Å². The van der Waals surface area contributed by atoms with Crippen LogP contribution < -0.4 is 10.2 Å². The van der Waals surface area contributed by atoms with Crippen molar-refractivity contribution in [3.8, 4) is 0 Å². The highest BCUT2D eigenvalue weighted by molar-refractivity contribution is 5.49. The maximum Gasteiger partial charge on any atom is 0.125 e. The lowest BCUT2D eigenvalue weighted by atomic mass is 10.1. The molecule has 2 rings (SSSR count). The van der Waals surface area contributed by atoms with E-state index in [-0.39, 0.29) is 5.82 Å². The smallest absolute Gasteiger partial charge is 0.125 e. The van der Waals surface area contributed by atoms with E-state index >= 15 is 0 Å². The summed E-state index contributed by atoms with van der Waals surface area (Å²) in [6.07, 6.45) is 2.52. The number of halogens is 1. The number of hydrogen-bond acceptors (Lipinski definition) is 2. The molecule has 0 aromatic heterocycles. The molecule has 0 bridgehead atoms. The van der Waals surface area contributed by atoms with Crippen LogP contribution in [0.25, 0.3) is 0 Å². The fraction of sp³-hybridized carbons (Fsp3) is 0.625. The Hall–Kier alpha value is -1.09. The molecule has 0 heterocycles. The largest absolute Gasteiger partial charge is 0.371 e. The topological polar surface area (TPSA) is 15.3 Å². The van der Waals surface area contributed by atoms with Crippen LogP contribution in [0, 0.1) is 11.7 Å². The van der Waals surface area contributed by atoms with Crippen LogP contribution in [-0.4, -0.2) is 19.1 Å². The lowest BCUT2D eigenvalue weighted by Crippen LogP contribution is -2.27. The van der Waals surface area contributed by atoms with Crippen LogP contribution in [-0.2, 0) is 6.54 Å². The average molecular weight is 264 g/mol. The maximum absolute atomic E-state index is 13.7. The first-order chi connectivity index (χ1) is 9.08. The molecule has 1 aromatic rings. The first-order valence-corrected chi connectivity index (χ1v) is 7.36. The molecule has 0 amide bonds. The Morgan fingerprint density at radius 2 is 2.05 bits per heavy atom. The molecule has 1 fully saturated rings. The van der Waals surface area contributed by atoms with Gasteiger partial charge in [-0.3, -0.25) is 0 Å². The summed E-state index contributed by atoms with van der Waals surface area (Å²) in [6.45, 7) is 9.16. The molecule has 0 aliphatic heterocycles. The molecule has 1 N–H and O–H groups in total. The summed E-state index contributed by atoms with van der Waals surface area (Å²) in [5.74, 6) is 0.448. The Labute approximate surface area is 116 Å². The van der Waals surface area contributed by atoms with Gasteiger partial charge in [0.1, 0.15) is 5.82 Å². The van der Waals surface area contributed by atoms with Crippen LogP contribution in [0.5, 0.6) is 0 Å². The van der Waals surface area contributed by atoms with Crippen LogP contribution in [0.1, 0.15) is 39.2 Å². The quantitative estimate of drug-likeness (QED) is 0.810. The van der Waals surface area contributed by atoms with Gasteiger partial charge in [0.05, 0.1) is 0 Å². The third-order valence-corrected chi connectivity index (χ3v) is 3.45. The second kappa shape index (κ2) is 6.38. The highest BCUT2D eigenvalue weighted by Crippen LogP contribution is 2.22. The van der Waals surface area contributed by atoms with Crippen molar-refractivity contribution >= 4 is 5.69 Å². The zero-order valence-electron chi connectivity index (χ0n) is 12.2. The van der Waals surface area contributed by atoms with Crippen molar-refractivity contribution in [1.82, 2.24) is 5.32 Å². The molecule has 0 radical (unpaired) electrons. The van der Waals surface area contributed by atoms with E-state index in [4.69, 9.17) is 0 Å². The van der Waals surface area contributed by atoms with E-state index in [1.54, 1.807) is 12.1 Å². The second-order valence-electron chi connectivity index (χ2n) is 5.91. The zero-order valence-corrected chi connectivity index (χ0v) is 12.2. The van der Waals surface area contributed by atoms with Crippen molar-refractivity contribution in [2.75, 3.05) is 18.0 Å². The molecule has 1 aliphatic rings. The Kier molecular flexibility index (Phi) is 4.81. The standard InChI is InChI=1S/C16H25FN2/c1-4-19(11-12(2)3)16-8-13(7-14(17)9-16)10-18-15-5-6-15/h7-9,12,15,18H,4-6,10-11H2,1-3H3. The average Bonchev–Trinajstić information content (AvgIpc) is 3.16. The number of nitrogens with one attached hydrogen (secondary N) is 1. The predicted molar refractivity (Wildman–Crippen MR) is 79.0 cm³/mol. The molecular weight excluding hydrogens is 239 g/mol. The summed E-state index contributed by atoms with van der Waals surface area (Å²) in [6, 6.07) is 6.06. The number of hydrogen-bond donors (Lipinski definition) is 1. The van der Waals surface area contributed by atoms with Gasteiger partial charge in [-0.15, -0.1) is 0 Å². The fourth-order valence-corrected chi connectivity index (χ4v) is 2.33. The van der Waals surface area contributed by atoms with E-state index in [1.165, 1.54) is 12.8 Å². The van der Waals surface area contributed by atoms with Crippen molar-refractivity contribution in [1.29, 1.82) is 0 Å². The van der Waals surface area contributed by atoms with E-state index in [1.807, 2.05) is 0 Å². The molecule has 19 heavy (non-hydrogen) atoms. The van der Waals surface area contributed by atoms with E-state index in [0.717, 1.165) is 30.9 Å². The van der Waals surface area contributed by atoms with Crippen LogP contribution >= 0.6 is 0 Å². The summed E-state index contributed by atoms with van der Waals surface area (Å²) < 4.78 is 13.7. The van der Waals surface area contributed by atoms with Crippen molar-refractivity contribution in [2.45, 2.75) is 46.2 Å². The zero-order chi connectivity index (χ0) is 13.8. The molecule has 0 saturated heterocycles. The Bertz CT molecular complexity index is 413. The van der Waals surface area contributed by atoms with Crippen molar-refractivity contribution in [2.24, 2.45) is 5.92 Å². The number of nitrogens with zero attached hydrogens (tertiary/aromatic N) is 1. The minimum Gasteiger partial charge on any atom is -0.371 e. The molecule has 3 heteroatoms. The van der Waals surface area contributed by atoms with Gasteiger partial charge in [-0.1, -0.05) is 13.8 Å². The Morgan fingerprint density at radius 3 is 2.63 bits per heavy atom. The molecule has 0 spiro atoms. The number of anilines is 1. The lowest BCUT2D eigenvalue weighted by molar-refractivity contribution is 0.604. The minimum atomic E-state index is -0.132. The number of rotatable bonds is 7. The van der Waals surface area contributed by atoms with Crippen molar-refractivity contribution in [3.63, 3.8) is 0 Å². The van der Waals surface area contributed by atoms with E-state index in [9.17, 15) is 4.39 Å². The molecule has 0 unspecified atom stereocenters. The van der Waals surface area contributed by atoms with Gasteiger partial charge < -0.3 is 10.2 Å². The summed E-state index contributed by atoms with van der Waals surface area (Å²) in [5, 5.41) is 3.44. The Balaban J connectivity index is 2.08. The third kappa shape index (κ3) is 4.50. The third-order valence-electron chi connectivity index (χ3n) is 3.45. The van der Waals surface area contributed by atoms with Gasteiger partial charge in [0.2, 0.25) is 0 Å². The highest BCUT2D eigenvalue weighted by Gasteiger charge is 2.20. The van der Waals surface area contributed by atoms with Crippen LogP contribution in [0.3, 0.4) is 0 Å². The fourth-order valence-electron chi connectivity index (χ4n) is 2.33. The summed E-state index contributed by atoms with van der Waals surface area (Å²) in [4.78, 5) is 2.24. The molecule has 106 valence electrons. The van der Waals surface area contributed by atoms with E-state index in [0.29, 0.717) is 12.0 Å². The first kappa shape index (κ1) is 14.3. The summed E-state index contributed by atoms with van der Waals surface area (Å²) in [5.41, 5.74) is 2.05. The maximum atomic E-state index is 13.7. The van der Waals surface area contributed by atoms with E-state index < -0.39 is 0 Å².